The fourth-order valence-corrected chi connectivity index (χ4v) is 3.52. The molecule has 0 unspecified atom stereocenters. The summed E-state index contributed by atoms with van der Waals surface area (Å²) in [5, 5.41) is 6.58. The number of rotatable bonds is 9. The largest absolute Gasteiger partial charge is 0.489 e. The first-order chi connectivity index (χ1) is 14.7. The Kier molecular flexibility index (Phi) is 10.4. The highest BCUT2D eigenvalue weighted by atomic mass is 127. The zero-order valence-corrected chi connectivity index (χ0v) is 20.3. The minimum Gasteiger partial charge on any atom is -0.489 e. The summed E-state index contributed by atoms with van der Waals surface area (Å²) in [4.78, 5) is 18.8. The molecule has 0 aromatic heterocycles. The fraction of sp³-hybridized carbons (Fsp3) is 0.333. The predicted octanol–water partition coefficient (Wildman–Crippen LogP) is 3.90. The average molecular weight is 534 g/mol. The van der Waals surface area contributed by atoms with Crippen LogP contribution in [0.3, 0.4) is 0 Å². The number of hydrogen-bond donors (Lipinski definition) is 2. The standard InChI is InChI=1S/C24H30N4O2.HI/c1-3-17-30-22-12-7-5-10-20(22)18-27-24(25-2)26-15-8-13-23(29)28-16-14-19-9-4-6-11-21(19)28;/h3-7,9-12H,1,8,13-18H2,2H3,(H2,25,26,27);1H. The lowest BCUT2D eigenvalue weighted by Gasteiger charge is -2.18. The first kappa shape index (κ1) is 24.7. The SMILES string of the molecule is C=CCOc1ccccc1CNC(=NC)NCCCC(=O)N1CCc2ccccc21.I. The third-order valence-corrected chi connectivity index (χ3v) is 5.05. The number of halogens is 1. The molecule has 1 heterocycles. The number of benzene rings is 2. The van der Waals surface area contributed by atoms with Crippen molar-refractivity contribution in [2.75, 3.05) is 31.6 Å². The van der Waals surface area contributed by atoms with Crippen molar-refractivity contribution in [3.63, 3.8) is 0 Å². The van der Waals surface area contributed by atoms with Crippen molar-refractivity contribution in [3.8, 4) is 5.75 Å². The van der Waals surface area contributed by atoms with Crippen LogP contribution in [0.4, 0.5) is 5.69 Å². The number of para-hydroxylation sites is 2. The molecule has 6 nitrogen and oxygen atoms in total. The van der Waals surface area contributed by atoms with Crippen LogP contribution in [0.5, 0.6) is 5.75 Å². The molecule has 0 bridgehead atoms. The smallest absolute Gasteiger partial charge is 0.227 e. The van der Waals surface area contributed by atoms with Gasteiger partial charge in [-0.1, -0.05) is 49.1 Å². The van der Waals surface area contributed by atoms with Gasteiger partial charge in [0.05, 0.1) is 0 Å². The number of nitrogens with one attached hydrogen (secondary N) is 2. The molecule has 0 atom stereocenters. The molecule has 2 aromatic carbocycles. The maximum Gasteiger partial charge on any atom is 0.227 e. The summed E-state index contributed by atoms with van der Waals surface area (Å²) < 4.78 is 5.69. The Labute approximate surface area is 201 Å². The van der Waals surface area contributed by atoms with Gasteiger partial charge >= 0.3 is 0 Å². The maximum atomic E-state index is 12.6. The van der Waals surface area contributed by atoms with Gasteiger partial charge in [0.15, 0.2) is 5.96 Å². The van der Waals surface area contributed by atoms with E-state index in [0.717, 1.165) is 36.4 Å². The monoisotopic (exact) mass is 534 g/mol. The van der Waals surface area contributed by atoms with Crippen molar-refractivity contribution in [2.24, 2.45) is 4.99 Å². The molecule has 2 aromatic rings. The van der Waals surface area contributed by atoms with Gasteiger partial charge in [-0.15, -0.1) is 24.0 Å². The minimum absolute atomic E-state index is 0. The van der Waals surface area contributed by atoms with E-state index >= 15 is 0 Å². The number of nitrogens with zero attached hydrogens (tertiary/aromatic N) is 2. The predicted molar refractivity (Wildman–Crippen MR) is 137 cm³/mol. The molecule has 0 fully saturated rings. The summed E-state index contributed by atoms with van der Waals surface area (Å²) in [6, 6.07) is 16.0. The van der Waals surface area contributed by atoms with Gasteiger partial charge in [0.2, 0.25) is 5.91 Å². The zero-order chi connectivity index (χ0) is 21.2. The fourth-order valence-electron chi connectivity index (χ4n) is 3.52. The summed E-state index contributed by atoms with van der Waals surface area (Å²) >= 11 is 0. The molecule has 2 N–H and O–H groups in total. The molecule has 0 spiro atoms. The van der Waals surface area contributed by atoms with E-state index in [1.165, 1.54) is 5.56 Å². The summed E-state index contributed by atoms with van der Waals surface area (Å²) in [6.45, 7) is 6.21. The summed E-state index contributed by atoms with van der Waals surface area (Å²) in [6.07, 6.45) is 3.93. The number of hydrogen-bond acceptors (Lipinski definition) is 3. The normalized spacial score (nSPS) is 12.5. The highest BCUT2D eigenvalue weighted by Gasteiger charge is 2.23. The molecule has 0 saturated carbocycles. The van der Waals surface area contributed by atoms with E-state index < -0.39 is 0 Å². The number of anilines is 1. The Morgan fingerprint density at radius 2 is 1.97 bits per heavy atom. The van der Waals surface area contributed by atoms with Gasteiger partial charge < -0.3 is 20.3 Å². The maximum absolute atomic E-state index is 12.6. The van der Waals surface area contributed by atoms with Crippen molar-refractivity contribution in [1.29, 1.82) is 0 Å². The van der Waals surface area contributed by atoms with Gasteiger partial charge in [0.1, 0.15) is 12.4 Å². The molecular weight excluding hydrogens is 503 g/mol. The molecule has 1 amide bonds. The quantitative estimate of drug-likeness (QED) is 0.169. The minimum atomic E-state index is 0. The average Bonchev–Trinajstić information content (AvgIpc) is 3.22. The van der Waals surface area contributed by atoms with Crippen molar-refractivity contribution >= 4 is 41.5 Å². The Bertz CT molecular complexity index is 901. The van der Waals surface area contributed by atoms with E-state index in [1.54, 1.807) is 13.1 Å². The Balaban J connectivity index is 0.00000341. The van der Waals surface area contributed by atoms with Gasteiger partial charge in [0.25, 0.3) is 0 Å². The number of fused-ring (bicyclic) bond motifs is 1. The molecule has 0 radical (unpaired) electrons. The molecule has 1 aliphatic heterocycles. The summed E-state index contributed by atoms with van der Waals surface area (Å²) in [7, 11) is 1.74. The molecule has 7 heteroatoms. The molecule has 0 saturated heterocycles. The second-order valence-electron chi connectivity index (χ2n) is 7.09. The molecular formula is C24H31IN4O2. The Morgan fingerprint density at radius 3 is 2.77 bits per heavy atom. The molecule has 166 valence electrons. The number of carbonyl (C=O) groups is 1. The van der Waals surface area contributed by atoms with Crippen molar-refractivity contribution in [3.05, 3.63) is 72.3 Å². The van der Waals surface area contributed by atoms with E-state index in [-0.39, 0.29) is 29.9 Å². The van der Waals surface area contributed by atoms with Crippen LogP contribution >= 0.6 is 24.0 Å². The molecule has 1 aliphatic rings. The van der Waals surface area contributed by atoms with Crippen LogP contribution in [-0.2, 0) is 17.8 Å². The highest BCUT2D eigenvalue weighted by Crippen LogP contribution is 2.28. The Morgan fingerprint density at radius 1 is 1.19 bits per heavy atom. The molecule has 3 rings (SSSR count). The first-order valence-electron chi connectivity index (χ1n) is 10.4. The second-order valence-corrected chi connectivity index (χ2v) is 7.09. The topological polar surface area (TPSA) is 66.0 Å². The van der Waals surface area contributed by atoms with Crippen LogP contribution in [0.15, 0.2) is 66.2 Å². The zero-order valence-electron chi connectivity index (χ0n) is 18.0. The number of aliphatic imine (C=N–C) groups is 1. The second kappa shape index (κ2) is 13.0. The van der Waals surface area contributed by atoms with Crippen LogP contribution in [0.2, 0.25) is 0 Å². The molecule has 0 aliphatic carbocycles. The van der Waals surface area contributed by atoms with Gasteiger partial charge in [-0.3, -0.25) is 9.79 Å². The van der Waals surface area contributed by atoms with Crippen molar-refractivity contribution in [1.82, 2.24) is 10.6 Å². The third kappa shape index (κ3) is 6.99. The van der Waals surface area contributed by atoms with Crippen molar-refractivity contribution in [2.45, 2.75) is 25.8 Å². The first-order valence-corrected chi connectivity index (χ1v) is 10.4. The van der Waals surface area contributed by atoms with Crippen molar-refractivity contribution < 1.29 is 9.53 Å². The van der Waals surface area contributed by atoms with Crippen LogP contribution < -0.4 is 20.3 Å². The van der Waals surface area contributed by atoms with E-state index in [1.807, 2.05) is 47.4 Å². The van der Waals surface area contributed by atoms with Gasteiger partial charge in [-0.2, -0.15) is 0 Å². The lowest BCUT2D eigenvalue weighted by atomic mass is 10.2. The third-order valence-electron chi connectivity index (χ3n) is 5.05. The van der Waals surface area contributed by atoms with Gasteiger partial charge in [-0.05, 0) is 30.5 Å². The Hall–Kier alpha value is -2.55. The lowest BCUT2D eigenvalue weighted by Crippen LogP contribution is -2.38. The van der Waals surface area contributed by atoms with Crippen LogP contribution in [-0.4, -0.2) is 38.6 Å². The summed E-state index contributed by atoms with van der Waals surface area (Å²) in [5.41, 5.74) is 3.36. The number of amides is 1. The van der Waals surface area contributed by atoms with Gasteiger partial charge in [0, 0.05) is 44.4 Å². The van der Waals surface area contributed by atoms with E-state index in [4.69, 9.17) is 4.74 Å². The van der Waals surface area contributed by atoms with E-state index in [2.05, 4.69) is 28.3 Å². The van der Waals surface area contributed by atoms with Crippen LogP contribution in [0, 0.1) is 0 Å². The lowest BCUT2D eigenvalue weighted by molar-refractivity contribution is -0.118. The van der Waals surface area contributed by atoms with E-state index in [9.17, 15) is 4.79 Å². The number of ether oxygens (including phenoxy) is 1. The van der Waals surface area contributed by atoms with Crippen LogP contribution in [0.1, 0.15) is 24.0 Å². The summed E-state index contributed by atoms with van der Waals surface area (Å²) in [5.74, 6) is 1.71. The van der Waals surface area contributed by atoms with E-state index in [0.29, 0.717) is 32.1 Å². The number of guanidine groups is 1. The van der Waals surface area contributed by atoms with Crippen LogP contribution in [0.25, 0.3) is 0 Å². The van der Waals surface area contributed by atoms with Gasteiger partial charge in [-0.25, -0.2) is 0 Å². The molecule has 31 heavy (non-hydrogen) atoms. The highest BCUT2D eigenvalue weighted by molar-refractivity contribution is 14.0. The number of carbonyl (C=O) groups excluding carboxylic acids is 1.